The van der Waals surface area contributed by atoms with Crippen molar-refractivity contribution in [3.05, 3.63) is 46.4 Å². The average Bonchev–Trinajstić information content (AvgIpc) is 3.23. The predicted molar refractivity (Wildman–Crippen MR) is 107 cm³/mol. The molecule has 0 radical (unpaired) electrons. The number of hydrogen-bond donors (Lipinski definition) is 2. The minimum absolute atomic E-state index is 0.0929. The lowest BCUT2D eigenvalue weighted by molar-refractivity contribution is -0.127. The number of pyridine rings is 1. The van der Waals surface area contributed by atoms with Crippen LogP contribution in [0, 0.1) is 5.92 Å². The zero-order valence-corrected chi connectivity index (χ0v) is 16.6. The van der Waals surface area contributed by atoms with E-state index in [-0.39, 0.29) is 17.4 Å². The Morgan fingerprint density at radius 3 is 2.93 bits per heavy atom. The zero-order chi connectivity index (χ0) is 19.8. The lowest BCUT2D eigenvalue weighted by atomic mass is 9.79. The van der Waals surface area contributed by atoms with Gasteiger partial charge in [0, 0.05) is 42.7 Å². The van der Waals surface area contributed by atoms with Gasteiger partial charge in [0.25, 0.3) is 5.56 Å². The van der Waals surface area contributed by atoms with Crippen molar-refractivity contribution in [2.45, 2.75) is 63.1 Å². The van der Waals surface area contributed by atoms with E-state index in [9.17, 15) is 9.59 Å². The highest BCUT2D eigenvalue weighted by atomic mass is 16.2. The van der Waals surface area contributed by atoms with E-state index >= 15 is 0 Å². The fraction of sp³-hybridized carbons (Fsp3) is 0.619. The van der Waals surface area contributed by atoms with Crippen LogP contribution in [0.1, 0.15) is 68.0 Å². The lowest BCUT2D eigenvalue weighted by Gasteiger charge is -2.42. The van der Waals surface area contributed by atoms with Crippen molar-refractivity contribution in [3.63, 3.8) is 0 Å². The first kappa shape index (κ1) is 18.5. The summed E-state index contributed by atoms with van der Waals surface area (Å²) in [5.74, 6) is 1.10. The fourth-order valence-electron chi connectivity index (χ4n) is 5.46. The SMILES string of the molecule is O=C(NCc1nncn1C1CCCCC1)[C@H]1[C@@H]2CNC[C@@H](C2)c2cccc(=O)n21. The van der Waals surface area contributed by atoms with E-state index < -0.39 is 6.04 Å². The second-order valence-corrected chi connectivity index (χ2v) is 8.62. The number of aromatic nitrogens is 4. The molecule has 3 aliphatic rings. The lowest BCUT2D eigenvalue weighted by Crippen LogP contribution is -2.52. The van der Waals surface area contributed by atoms with Crippen LogP contribution in [0.2, 0.25) is 0 Å². The van der Waals surface area contributed by atoms with E-state index in [0.717, 1.165) is 43.9 Å². The minimum Gasteiger partial charge on any atom is -0.347 e. The van der Waals surface area contributed by atoms with Crippen molar-refractivity contribution in [3.8, 4) is 0 Å². The summed E-state index contributed by atoms with van der Waals surface area (Å²) in [7, 11) is 0. The quantitative estimate of drug-likeness (QED) is 0.817. The van der Waals surface area contributed by atoms with Crippen LogP contribution in [0.4, 0.5) is 0 Å². The van der Waals surface area contributed by atoms with Crippen molar-refractivity contribution in [2.75, 3.05) is 13.1 Å². The first-order valence-electron chi connectivity index (χ1n) is 10.8. The predicted octanol–water partition coefficient (Wildman–Crippen LogP) is 1.51. The standard InChI is InChI=1S/C21H28N6O2/c28-19-8-4-7-17-14-9-15(11-22-10-14)20(27(17)19)21(29)23-12-18-25-24-13-26(18)16-5-2-1-3-6-16/h4,7-8,13-16,20,22H,1-3,5-6,9-12H2,(H,23,29)/t14-,15+,20-/m1/s1. The monoisotopic (exact) mass is 396 g/mol. The van der Waals surface area contributed by atoms with Crippen LogP contribution in [0.5, 0.6) is 0 Å². The molecule has 0 spiro atoms. The summed E-state index contributed by atoms with van der Waals surface area (Å²) in [4.78, 5) is 25.9. The van der Waals surface area contributed by atoms with Gasteiger partial charge in [0.1, 0.15) is 12.4 Å². The topological polar surface area (TPSA) is 93.8 Å². The van der Waals surface area contributed by atoms with E-state index in [0.29, 0.717) is 18.5 Å². The van der Waals surface area contributed by atoms with Crippen molar-refractivity contribution < 1.29 is 4.79 Å². The summed E-state index contributed by atoms with van der Waals surface area (Å²) < 4.78 is 3.85. The molecule has 1 amide bonds. The van der Waals surface area contributed by atoms with Crippen molar-refractivity contribution in [2.24, 2.45) is 5.92 Å². The summed E-state index contributed by atoms with van der Waals surface area (Å²) in [6.07, 6.45) is 8.74. The van der Waals surface area contributed by atoms with Gasteiger partial charge in [-0.25, -0.2) is 0 Å². The summed E-state index contributed by atoms with van der Waals surface area (Å²) in [6, 6.07) is 5.28. The first-order valence-corrected chi connectivity index (χ1v) is 10.8. The molecule has 0 aromatic carbocycles. The number of carbonyl (C=O) groups is 1. The highest BCUT2D eigenvalue weighted by Gasteiger charge is 2.41. The molecular formula is C21H28N6O2. The Morgan fingerprint density at radius 1 is 1.21 bits per heavy atom. The maximum Gasteiger partial charge on any atom is 0.251 e. The van der Waals surface area contributed by atoms with Gasteiger partial charge in [-0.3, -0.25) is 14.2 Å². The molecule has 2 N–H and O–H groups in total. The zero-order valence-electron chi connectivity index (χ0n) is 16.6. The van der Waals surface area contributed by atoms with E-state index in [1.54, 1.807) is 23.0 Å². The van der Waals surface area contributed by atoms with Gasteiger partial charge in [-0.05, 0) is 25.3 Å². The first-order chi connectivity index (χ1) is 14.2. The smallest absolute Gasteiger partial charge is 0.251 e. The molecule has 29 heavy (non-hydrogen) atoms. The molecule has 8 nitrogen and oxygen atoms in total. The summed E-state index contributed by atoms with van der Waals surface area (Å²) >= 11 is 0. The number of piperidine rings is 1. The highest BCUT2D eigenvalue weighted by molar-refractivity contribution is 5.81. The summed E-state index contributed by atoms with van der Waals surface area (Å²) in [5.41, 5.74) is 0.871. The molecule has 2 aromatic rings. The molecule has 2 fully saturated rings. The number of hydrogen-bond acceptors (Lipinski definition) is 5. The van der Waals surface area contributed by atoms with Crippen LogP contribution in [-0.4, -0.2) is 38.3 Å². The Kier molecular flexibility index (Phi) is 4.95. The van der Waals surface area contributed by atoms with Crippen LogP contribution < -0.4 is 16.2 Å². The second-order valence-electron chi connectivity index (χ2n) is 8.62. The molecular weight excluding hydrogens is 368 g/mol. The van der Waals surface area contributed by atoms with Gasteiger partial charge < -0.3 is 15.2 Å². The minimum atomic E-state index is -0.478. The molecule has 3 atom stereocenters. The third kappa shape index (κ3) is 3.39. The number of carbonyl (C=O) groups excluding carboxylic acids is 1. The Bertz CT molecular complexity index is 945. The van der Waals surface area contributed by atoms with Gasteiger partial charge in [0.2, 0.25) is 5.91 Å². The molecule has 1 saturated heterocycles. The number of nitrogens with one attached hydrogen (secondary N) is 2. The molecule has 4 heterocycles. The van der Waals surface area contributed by atoms with Crippen LogP contribution in [0.25, 0.3) is 0 Å². The molecule has 1 aliphatic carbocycles. The van der Waals surface area contributed by atoms with Crippen LogP contribution in [-0.2, 0) is 11.3 Å². The average molecular weight is 396 g/mol. The maximum absolute atomic E-state index is 13.2. The number of fused-ring (bicyclic) bond motifs is 4. The van der Waals surface area contributed by atoms with Crippen molar-refractivity contribution in [1.82, 2.24) is 30.0 Å². The molecule has 5 rings (SSSR count). The summed E-state index contributed by atoms with van der Waals surface area (Å²) in [5, 5.41) is 14.8. The summed E-state index contributed by atoms with van der Waals surface area (Å²) in [6.45, 7) is 1.96. The Morgan fingerprint density at radius 2 is 2.07 bits per heavy atom. The van der Waals surface area contributed by atoms with E-state index in [4.69, 9.17) is 0 Å². The molecule has 8 heteroatoms. The van der Waals surface area contributed by atoms with Crippen LogP contribution >= 0.6 is 0 Å². The van der Waals surface area contributed by atoms with Crippen molar-refractivity contribution >= 4 is 5.91 Å². The third-order valence-corrected chi connectivity index (χ3v) is 6.85. The molecule has 1 saturated carbocycles. The number of nitrogens with zero attached hydrogens (tertiary/aromatic N) is 4. The molecule has 154 valence electrons. The number of amides is 1. The van der Waals surface area contributed by atoms with Crippen LogP contribution in [0.3, 0.4) is 0 Å². The molecule has 0 unspecified atom stereocenters. The van der Waals surface area contributed by atoms with Gasteiger partial charge in [-0.2, -0.15) is 0 Å². The molecule has 2 aromatic heterocycles. The third-order valence-electron chi connectivity index (χ3n) is 6.85. The molecule has 2 bridgehead atoms. The maximum atomic E-state index is 13.2. The van der Waals surface area contributed by atoms with Gasteiger partial charge in [-0.15, -0.1) is 10.2 Å². The largest absolute Gasteiger partial charge is 0.347 e. The van der Waals surface area contributed by atoms with E-state index in [1.807, 2.05) is 6.07 Å². The van der Waals surface area contributed by atoms with Crippen molar-refractivity contribution in [1.29, 1.82) is 0 Å². The normalized spacial score (nSPS) is 26.7. The Balaban J connectivity index is 1.36. The second kappa shape index (κ2) is 7.74. The van der Waals surface area contributed by atoms with Gasteiger partial charge >= 0.3 is 0 Å². The number of rotatable bonds is 4. The van der Waals surface area contributed by atoms with E-state index in [2.05, 4.69) is 25.4 Å². The van der Waals surface area contributed by atoms with Gasteiger partial charge in [0.15, 0.2) is 5.82 Å². The Labute approximate surface area is 169 Å². The van der Waals surface area contributed by atoms with E-state index in [1.165, 1.54) is 19.3 Å². The molecule has 2 aliphatic heterocycles. The fourth-order valence-corrected chi connectivity index (χ4v) is 5.46. The van der Waals surface area contributed by atoms with Gasteiger partial charge in [-0.1, -0.05) is 25.3 Å². The highest BCUT2D eigenvalue weighted by Crippen LogP contribution is 2.38. The van der Waals surface area contributed by atoms with Gasteiger partial charge in [0.05, 0.1) is 6.54 Å². The Hall–Kier alpha value is -2.48. The van der Waals surface area contributed by atoms with Crippen LogP contribution in [0.15, 0.2) is 29.3 Å².